The molecule has 2 aliphatic carbocycles. The Morgan fingerprint density at radius 2 is 1.85 bits per heavy atom. The number of benzene rings is 1. The summed E-state index contributed by atoms with van der Waals surface area (Å²) in [6.45, 7) is 12.3. The van der Waals surface area contributed by atoms with Gasteiger partial charge in [-0.1, -0.05) is 32.8 Å². The molecule has 4 saturated heterocycles. The van der Waals surface area contributed by atoms with Gasteiger partial charge in [-0.05, 0) is 108 Å². The monoisotopic (exact) mass is 990 g/mol. The van der Waals surface area contributed by atoms with Crippen LogP contribution in [0.3, 0.4) is 0 Å². The third kappa shape index (κ3) is 9.32. The summed E-state index contributed by atoms with van der Waals surface area (Å²) in [6.07, 6.45) is 9.84. The predicted octanol–water partition coefficient (Wildman–Crippen LogP) is 5.77. The van der Waals surface area contributed by atoms with Crippen LogP contribution >= 0.6 is 11.3 Å². The molecule has 8 heterocycles. The van der Waals surface area contributed by atoms with E-state index in [0.29, 0.717) is 70.6 Å². The molecule has 6 bridgehead atoms. The summed E-state index contributed by atoms with van der Waals surface area (Å²) in [7, 11) is 3.76. The average Bonchev–Trinajstić information content (AvgIpc) is 4.12. The number of likely N-dealkylation sites (N-methyl/N-ethyl adjacent to an activating group) is 1. The second kappa shape index (κ2) is 19.2. The van der Waals surface area contributed by atoms with Crippen LogP contribution in [0.25, 0.3) is 33.4 Å². The van der Waals surface area contributed by atoms with Crippen molar-refractivity contribution in [2.24, 2.45) is 17.3 Å². The number of nitrogens with zero attached hydrogens (tertiary/aromatic N) is 7. The van der Waals surface area contributed by atoms with Gasteiger partial charge in [-0.15, -0.1) is 11.3 Å². The standard InChI is InChI=1S/C54H71N9O7S/c1-7-62-42-19-18-35-24-37(42)38(47(62)36-14-10-20-55-44(36)32(2)68-6)26-53(3,4)31-69-52(67)39-15-11-21-63(58-39)50(65)40(25-43-56-41(35)27-71-43)57-49(64)46(33-12-8-9-13-33)60-22-23-70-54(28-60)29-61(30-54)51(66)48-45(59(48)5)34-16-17-34/h10,14,18-20,24,27,32-34,39-40,45-46,48,58H,7-9,11-13,15-17,21-23,25-26,28-31H2,1-6H3,(H,57,64)/t32-,39-,40-,45+,46-,48+,59?/m0/s1. The lowest BCUT2D eigenvalue weighted by Gasteiger charge is -2.55. The van der Waals surface area contributed by atoms with Crippen molar-refractivity contribution in [3.8, 4) is 22.5 Å². The topological polar surface area (TPSA) is 163 Å². The van der Waals surface area contributed by atoms with Crippen molar-refractivity contribution >= 4 is 45.9 Å². The highest BCUT2D eigenvalue weighted by atomic mass is 32.1. The number of carbonyl (C=O) groups excluding carboxylic acids is 4. The minimum Gasteiger partial charge on any atom is -0.464 e. The predicted molar refractivity (Wildman–Crippen MR) is 270 cm³/mol. The van der Waals surface area contributed by atoms with Crippen molar-refractivity contribution in [3.05, 3.63) is 58.2 Å². The summed E-state index contributed by atoms with van der Waals surface area (Å²) in [6, 6.07) is 8.79. The van der Waals surface area contributed by atoms with Gasteiger partial charge in [-0.3, -0.25) is 39.0 Å². The Balaban J connectivity index is 0.905. The molecule has 4 aromatic rings. The SMILES string of the molecule is CCn1c(-c2cccnc2[C@H](C)OC)c2c3cc(ccc31)-c1csc(n1)C[C@H](NC(=O)[C@H](C1CCCC1)N1CCOC3(CN(C(=O)[C@H]4[C@@H](C5CC5)N4C)C3)C1)C(=O)N1CCC[C@H](N1)C(=O)OCC(C)(C)C2. The number of fused-ring (bicyclic) bond motifs is 6. The molecule has 3 aromatic heterocycles. The number of ether oxygens (including phenoxy) is 3. The van der Waals surface area contributed by atoms with Gasteiger partial charge in [0.15, 0.2) is 0 Å². The summed E-state index contributed by atoms with van der Waals surface area (Å²) in [5, 5.41) is 8.68. The maximum atomic E-state index is 15.1. The highest BCUT2D eigenvalue weighted by molar-refractivity contribution is 7.10. The maximum Gasteiger partial charge on any atom is 0.324 e. The number of nitrogens with one attached hydrogen (secondary N) is 2. The molecular formula is C54H71N9O7S. The van der Waals surface area contributed by atoms with Crippen LogP contribution in [0.15, 0.2) is 41.9 Å². The van der Waals surface area contributed by atoms with E-state index >= 15 is 4.79 Å². The Kier molecular flexibility index (Phi) is 13.1. The molecule has 17 heteroatoms. The molecule has 7 atom stereocenters. The maximum absolute atomic E-state index is 15.1. The van der Waals surface area contributed by atoms with E-state index in [1.165, 1.54) is 29.2 Å². The number of amides is 3. The van der Waals surface area contributed by atoms with Crippen LogP contribution in [0.1, 0.15) is 101 Å². The van der Waals surface area contributed by atoms with Gasteiger partial charge in [0.1, 0.15) is 23.7 Å². The first-order valence-corrected chi connectivity index (χ1v) is 27.1. The molecule has 1 aromatic carbocycles. The van der Waals surface area contributed by atoms with Gasteiger partial charge in [-0.2, -0.15) is 0 Å². The van der Waals surface area contributed by atoms with Crippen LogP contribution < -0.4 is 10.7 Å². The minimum absolute atomic E-state index is 0.0243. The summed E-state index contributed by atoms with van der Waals surface area (Å²) in [5.74, 6) is 0.0772. The van der Waals surface area contributed by atoms with Crippen LogP contribution in [0.2, 0.25) is 0 Å². The lowest BCUT2D eigenvalue weighted by atomic mass is 9.84. The lowest BCUT2D eigenvalue weighted by molar-refractivity contribution is -0.198. The molecule has 71 heavy (non-hydrogen) atoms. The van der Waals surface area contributed by atoms with E-state index in [-0.39, 0.29) is 48.8 Å². The normalized spacial score (nSPS) is 27.8. The van der Waals surface area contributed by atoms with Gasteiger partial charge in [0.25, 0.3) is 5.91 Å². The van der Waals surface area contributed by atoms with Crippen LogP contribution in [-0.2, 0) is 52.8 Å². The molecule has 3 amide bonds. The average molecular weight is 990 g/mol. The fraction of sp³-hybridized carbons (Fsp3) is 0.630. The van der Waals surface area contributed by atoms with E-state index in [9.17, 15) is 14.4 Å². The van der Waals surface area contributed by atoms with Crippen LogP contribution in [0.4, 0.5) is 0 Å². The molecule has 16 nitrogen and oxygen atoms in total. The van der Waals surface area contributed by atoms with Crippen molar-refractivity contribution in [3.63, 3.8) is 0 Å². The molecule has 11 rings (SSSR count). The van der Waals surface area contributed by atoms with Crippen molar-refractivity contribution in [1.29, 1.82) is 0 Å². The number of cyclic esters (lactones) is 1. The van der Waals surface area contributed by atoms with E-state index < -0.39 is 35.1 Å². The molecule has 0 radical (unpaired) electrons. The number of carbonyl (C=O) groups is 4. The zero-order chi connectivity index (χ0) is 49.3. The van der Waals surface area contributed by atoms with Crippen LogP contribution in [-0.4, -0.2) is 154 Å². The molecule has 5 aliphatic heterocycles. The van der Waals surface area contributed by atoms with E-state index in [1.54, 1.807) is 7.11 Å². The number of thiazole rings is 1. The van der Waals surface area contributed by atoms with Gasteiger partial charge in [-0.25, -0.2) is 10.4 Å². The van der Waals surface area contributed by atoms with Crippen molar-refractivity contribution < 1.29 is 33.4 Å². The van der Waals surface area contributed by atoms with Gasteiger partial charge < -0.3 is 29.0 Å². The number of hydrazine groups is 1. The summed E-state index contributed by atoms with van der Waals surface area (Å²) in [4.78, 5) is 74.2. The number of morpholine rings is 1. The number of pyridine rings is 1. The number of hydrogen-bond donors (Lipinski definition) is 2. The highest BCUT2D eigenvalue weighted by Crippen LogP contribution is 2.48. The third-order valence-electron chi connectivity index (χ3n) is 16.7. The van der Waals surface area contributed by atoms with E-state index in [4.69, 9.17) is 24.2 Å². The Bertz CT molecular complexity index is 2690. The first-order valence-electron chi connectivity index (χ1n) is 26.3. The molecule has 1 spiro atoms. The summed E-state index contributed by atoms with van der Waals surface area (Å²) >= 11 is 1.49. The van der Waals surface area contributed by atoms with Crippen LogP contribution in [0, 0.1) is 17.3 Å². The molecule has 2 saturated carbocycles. The van der Waals surface area contributed by atoms with E-state index in [1.807, 2.05) is 29.5 Å². The number of methoxy groups -OCH3 is 1. The number of hydrogen-bond acceptors (Lipinski definition) is 13. The fourth-order valence-electron chi connectivity index (χ4n) is 12.8. The summed E-state index contributed by atoms with van der Waals surface area (Å²) in [5.41, 5.74) is 9.11. The quantitative estimate of drug-likeness (QED) is 0.146. The number of aryl methyl sites for hydroxylation is 1. The zero-order valence-corrected chi connectivity index (χ0v) is 43.1. The first kappa shape index (κ1) is 48.5. The number of aromatic nitrogens is 3. The smallest absolute Gasteiger partial charge is 0.324 e. The minimum atomic E-state index is -0.953. The number of rotatable bonds is 10. The van der Waals surface area contributed by atoms with E-state index in [2.05, 4.69) is 77.2 Å². The lowest BCUT2D eigenvalue weighted by Crippen LogP contribution is -2.73. The Labute approximate surface area is 421 Å². The second-order valence-electron chi connectivity index (χ2n) is 22.4. The van der Waals surface area contributed by atoms with E-state index in [0.717, 1.165) is 81.9 Å². The summed E-state index contributed by atoms with van der Waals surface area (Å²) < 4.78 is 20.9. The molecule has 1 unspecified atom stereocenters. The van der Waals surface area contributed by atoms with Crippen molar-refractivity contribution in [2.45, 2.75) is 140 Å². The molecular weight excluding hydrogens is 919 g/mol. The third-order valence-corrected chi connectivity index (χ3v) is 17.6. The highest BCUT2D eigenvalue weighted by Gasteiger charge is 2.61. The fourth-order valence-corrected chi connectivity index (χ4v) is 13.6. The van der Waals surface area contributed by atoms with Gasteiger partial charge >= 0.3 is 5.97 Å². The first-order chi connectivity index (χ1) is 34.2. The van der Waals surface area contributed by atoms with Crippen molar-refractivity contribution in [1.82, 2.24) is 45.0 Å². The van der Waals surface area contributed by atoms with Gasteiger partial charge in [0, 0.05) is 84.8 Å². The molecule has 380 valence electrons. The number of likely N-dealkylation sites (tertiary alicyclic amines) is 1. The Morgan fingerprint density at radius 3 is 2.61 bits per heavy atom. The number of esters is 1. The molecule has 2 N–H and O–H groups in total. The largest absolute Gasteiger partial charge is 0.464 e. The molecule has 7 aliphatic rings. The molecule has 6 fully saturated rings. The zero-order valence-electron chi connectivity index (χ0n) is 42.3. The van der Waals surface area contributed by atoms with Gasteiger partial charge in [0.05, 0.1) is 60.5 Å². The van der Waals surface area contributed by atoms with Gasteiger partial charge in [0.2, 0.25) is 11.8 Å². The van der Waals surface area contributed by atoms with Crippen molar-refractivity contribution in [2.75, 3.05) is 60.1 Å². The Morgan fingerprint density at radius 1 is 1.04 bits per heavy atom. The Hall–Kier alpha value is -4.78. The second-order valence-corrected chi connectivity index (χ2v) is 23.3. The van der Waals surface area contributed by atoms with Crippen LogP contribution in [0.5, 0.6) is 0 Å².